The second-order valence-corrected chi connectivity index (χ2v) is 8.12. The molecular weight excluding hydrogens is 352 g/mol. The van der Waals surface area contributed by atoms with Crippen molar-refractivity contribution >= 4 is 45.1 Å². The summed E-state index contributed by atoms with van der Waals surface area (Å²) in [7, 11) is 0. The fraction of sp³-hybridized carbons (Fsp3) is 0.444. The molecule has 2 aromatic rings. The number of aromatic nitrogens is 1. The molecule has 1 aromatic carbocycles. The number of thiazole rings is 1. The molecule has 0 atom stereocenters. The van der Waals surface area contributed by atoms with Crippen molar-refractivity contribution < 1.29 is 14.4 Å². The molecule has 1 saturated carbocycles. The Morgan fingerprint density at radius 2 is 2.12 bits per heavy atom. The topological polar surface area (TPSA) is 91.4 Å². The monoisotopic (exact) mass is 372 g/mol. The van der Waals surface area contributed by atoms with E-state index < -0.39 is 5.54 Å². The summed E-state index contributed by atoms with van der Waals surface area (Å²) in [5, 5.41) is 6.63. The van der Waals surface area contributed by atoms with Crippen molar-refractivity contribution in [3.8, 4) is 0 Å². The van der Waals surface area contributed by atoms with Gasteiger partial charge in [-0.15, -0.1) is 11.3 Å². The minimum Gasteiger partial charge on any atom is -0.326 e. The fourth-order valence-electron chi connectivity index (χ4n) is 3.75. The first-order chi connectivity index (χ1) is 12.5. The predicted octanol–water partition coefficient (Wildman–Crippen LogP) is 2.80. The molecule has 136 valence electrons. The Balaban J connectivity index is 1.37. The zero-order valence-electron chi connectivity index (χ0n) is 14.5. The predicted molar refractivity (Wildman–Crippen MR) is 99.0 cm³/mol. The number of imide groups is 1. The van der Waals surface area contributed by atoms with Gasteiger partial charge in [-0.2, -0.15) is 0 Å². The van der Waals surface area contributed by atoms with Gasteiger partial charge in [0.15, 0.2) is 0 Å². The molecular formula is C18H20N4O3S. The highest BCUT2D eigenvalue weighted by Crippen LogP contribution is 2.35. The van der Waals surface area contributed by atoms with Crippen LogP contribution in [0.15, 0.2) is 18.2 Å². The van der Waals surface area contributed by atoms with Gasteiger partial charge >= 0.3 is 6.03 Å². The lowest BCUT2D eigenvalue weighted by Gasteiger charge is -2.19. The van der Waals surface area contributed by atoms with Crippen molar-refractivity contribution in [3.63, 3.8) is 0 Å². The molecule has 2 heterocycles. The average molecular weight is 372 g/mol. The third-order valence-electron chi connectivity index (χ3n) is 5.04. The molecule has 8 heteroatoms. The minimum atomic E-state index is -0.720. The summed E-state index contributed by atoms with van der Waals surface area (Å²) in [5.74, 6) is -0.409. The van der Waals surface area contributed by atoms with Gasteiger partial charge in [0.1, 0.15) is 5.54 Å². The number of hydrogen-bond donors (Lipinski definition) is 2. The minimum absolute atomic E-state index is 0.0784. The number of carbonyl (C=O) groups is 3. The maximum Gasteiger partial charge on any atom is 0.325 e. The number of aryl methyl sites for hydroxylation is 1. The Morgan fingerprint density at radius 3 is 2.88 bits per heavy atom. The van der Waals surface area contributed by atoms with E-state index in [0.717, 1.165) is 28.1 Å². The SMILES string of the molecule is Cc1nc2ccc(NC(=O)CCN3C(=O)NC4(CCCC4)C3=O)cc2s1. The first-order valence-electron chi connectivity index (χ1n) is 8.78. The molecule has 0 radical (unpaired) electrons. The molecule has 0 unspecified atom stereocenters. The zero-order valence-corrected chi connectivity index (χ0v) is 15.3. The highest BCUT2D eigenvalue weighted by Gasteiger charge is 2.52. The molecule has 1 spiro atoms. The molecule has 4 amide bonds. The van der Waals surface area contributed by atoms with E-state index in [1.165, 1.54) is 4.90 Å². The number of hydrogen-bond acceptors (Lipinski definition) is 5. The molecule has 2 fully saturated rings. The number of nitrogens with one attached hydrogen (secondary N) is 2. The van der Waals surface area contributed by atoms with Crippen molar-refractivity contribution in [2.75, 3.05) is 11.9 Å². The van der Waals surface area contributed by atoms with Gasteiger partial charge in [0.2, 0.25) is 5.91 Å². The van der Waals surface area contributed by atoms with Gasteiger partial charge in [0.25, 0.3) is 5.91 Å². The van der Waals surface area contributed by atoms with E-state index in [4.69, 9.17) is 0 Å². The van der Waals surface area contributed by atoms with Crippen LogP contribution in [0.2, 0.25) is 0 Å². The van der Waals surface area contributed by atoms with E-state index in [9.17, 15) is 14.4 Å². The summed E-state index contributed by atoms with van der Waals surface area (Å²) in [6, 6.07) is 5.18. The van der Waals surface area contributed by atoms with Crippen LogP contribution < -0.4 is 10.6 Å². The summed E-state index contributed by atoms with van der Waals surface area (Å²) in [5.41, 5.74) is 0.880. The Bertz CT molecular complexity index is 901. The summed E-state index contributed by atoms with van der Waals surface area (Å²) in [6.45, 7) is 2.04. The van der Waals surface area contributed by atoms with Crippen LogP contribution in [0.1, 0.15) is 37.1 Å². The fourth-order valence-corrected chi connectivity index (χ4v) is 4.62. The quantitative estimate of drug-likeness (QED) is 0.808. The van der Waals surface area contributed by atoms with Crippen molar-refractivity contribution in [3.05, 3.63) is 23.2 Å². The van der Waals surface area contributed by atoms with Gasteiger partial charge in [-0.05, 0) is 38.0 Å². The van der Waals surface area contributed by atoms with Gasteiger partial charge in [-0.1, -0.05) is 12.8 Å². The average Bonchev–Trinajstić information content (AvgIpc) is 3.25. The van der Waals surface area contributed by atoms with E-state index in [-0.39, 0.29) is 30.8 Å². The number of nitrogens with zero attached hydrogens (tertiary/aromatic N) is 2. The Hall–Kier alpha value is -2.48. The molecule has 0 bridgehead atoms. The number of fused-ring (bicyclic) bond motifs is 1. The van der Waals surface area contributed by atoms with Crippen LogP contribution in [0, 0.1) is 6.92 Å². The largest absolute Gasteiger partial charge is 0.326 e. The smallest absolute Gasteiger partial charge is 0.325 e. The standard InChI is InChI=1S/C18H20N4O3S/c1-11-19-13-5-4-12(10-14(13)26-11)20-15(23)6-9-22-16(24)18(21-17(22)25)7-2-3-8-18/h4-5,10H,2-3,6-9H2,1H3,(H,20,23)(H,21,25). The lowest BCUT2D eigenvalue weighted by Crippen LogP contribution is -2.44. The highest BCUT2D eigenvalue weighted by molar-refractivity contribution is 7.18. The lowest BCUT2D eigenvalue weighted by atomic mass is 9.98. The zero-order chi connectivity index (χ0) is 18.3. The van der Waals surface area contributed by atoms with Crippen molar-refractivity contribution in [2.45, 2.75) is 44.6 Å². The maximum absolute atomic E-state index is 12.6. The molecule has 1 saturated heterocycles. The molecule has 4 rings (SSSR count). The van der Waals surface area contributed by atoms with Gasteiger partial charge in [-0.25, -0.2) is 9.78 Å². The van der Waals surface area contributed by atoms with E-state index in [1.54, 1.807) is 17.4 Å². The van der Waals surface area contributed by atoms with E-state index >= 15 is 0 Å². The van der Waals surface area contributed by atoms with E-state index in [1.807, 2.05) is 19.1 Å². The van der Waals surface area contributed by atoms with Gasteiger partial charge in [0.05, 0.1) is 15.2 Å². The first-order valence-corrected chi connectivity index (χ1v) is 9.60. The third kappa shape index (κ3) is 2.94. The van der Waals surface area contributed by atoms with Crippen molar-refractivity contribution in [1.82, 2.24) is 15.2 Å². The Kier molecular flexibility index (Phi) is 4.14. The van der Waals surface area contributed by atoms with Crippen LogP contribution in [0.5, 0.6) is 0 Å². The summed E-state index contributed by atoms with van der Waals surface area (Å²) in [4.78, 5) is 42.5. The van der Waals surface area contributed by atoms with Crippen LogP contribution >= 0.6 is 11.3 Å². The van der Waals surface area contributed by atoms with Crippen LogP contribution in [0.3, 0.4) is 0 Å². The van der Waals surface area contributed by atoms with Gasteiger partial charge in [-0.3, -0.25) is 14.5 Å². The van der Waals surface area contributed by atoms with E-state index in [0.29, 0.717) is 18.5 Å². The third-order valence-corrected chi connectivity index (χ3v) is 5.98. The van der Waals surface area contributed by atoms with Crippen LogP contribution in [0.4, 0.5) is 10.5 Å². The molecule has 2 N–H and O–H groups in total. The molecule has 1 aromatic heterocycles. The van der Waals surface area contributed by atoms with Crippen LogP contribution in [0.25, 0.3) is 10.2 Å². The van der Waals surface area contributed by atoms with E-state index in [2.05, 4.69) is 15.6 Å². The number of carbonyl (C=O) groups excluding carboxylic acids is 3. The van der Waals surface area contributed by atoms with Crippen molar-refractivity contribution in [1.29, 1.82) is 0 Å². The lowest BCUT2D eigenvalue weighted by molar-refractivity contribution is -0.131. The molecule has 7 nitrogen and oxygen atoms in total. The molecule has 26 heavy (non-hydrogen) atoms. The number of benzene rings is 1. The number of anilines is 1. The Labute approximate surface area is 154 Å². The molecule has 1 aliphatic heterocycles. The normalized spacial score (nSPS) is 18.7. The summed E-state index contributed by atoms with van der Waals surface area (Å²) in [6.07, 6.45) is 3.35. The second kappa shape index (κ2) is 6.35. The van der Waals surface area contributed by atoms with Crippen molar-refractivity contribution in [2.24, 2.45) is 0 Å². The number of amides is 4. The van der Waals surface area contributed by atoms with Crippen LogP contribution in [-0.4, -0.2) is 39.8 Å². The van der Waals surface area contributed by atoms with Crippen LogP contribution in [-0.2, 0) is 9.59 Å². The number of urea groups is 1. The van der Waals surface area contributed by atoms with Gasteiger partial charge in [0, 0.05) is 18.7 Å². The Morgan fingerprint density at radius 1 is 1.35 bits per heavy atom. The highest BCUT2D eigenvalue weighted by atomic mass is 32.1. The summed E-state index contributed by atoms with van der Waals surface area (Å²) < 4.78 is 1.01. The molecule has 2 aliphatic rings. The molecule has 1 aliphatic carbocycles. The van der Waals surface area contributed by atoms with Gasteiger partial charge < -0.3 is 10.6 Å². The maximum atomic E-state index is 12.6. The summed E-state index contributed by atoms with van der Waals surface area (Å²) >= 11 is 1.57. The first kappa shape index (κ1) is 17.0. The number of rotatable bonds is 4. The second-order valence-electron chi connectivity index (χ2n) is 6.89.